The fraction of sp³-hybridized carbons (Fsp3) is 0.310. The fourth-order valence-corrected chi connectivity index (χ4v) is 5.55. The third-order valence-corrected chi connectivity index (χ3v) is 7.50. The summed E-state index contributed by atoms with van der Waals surface area (Å²) in [4.78, 5) is 22.9. The average molecular weight is 478 g/mol. The van der Waals surface area contributed by atoms with Crippen LogP contribution in [0, 0.1) is 17.3 Å². The van der Waals surface area contributed by atoms with Gasteiger partial charge in [-0.05, 0) is 80.3 Å². The van der Waals surface area contributed by atoms with Crippen LogP contribution in [0.1, 0.15) is 38.6 Å². The molecule has 7 nitrogen and oxygen atoms in total. The maximum atomic E-state index is 12.1. The third-order valence-electron chi connectivity index (χ3n) is 7.50. The molecular formula is C29H27N5O2. The molecule has 1 aliphatic heterocycles. The van der Waals surface area contributed by atoms with Crippen molar-refractivity contribution in [2.24, 2.45) is 5.41 Å². The van der Waals surface area contributed by atoms with Crippen molar-refractivity contribution in [2.45, 2.75) is 38.6 Å². The number of carbonyl (C=O) groups is 1. The number of carbonyl (C=O) groups excluding carboxylic acids is 1. The minimum absolute atomic E-state index is 0.0529. The number of aromatic nitrogens is 4. The van der Waals surface area contributed by atoms with E-state index >= 15 is 0 Å². The zero-order valence-corrected chi connectivity index (χ0v) is 20.2. The first-order chi connectivity index (χ1) is 17.6. The Bertz CT molecular complexity index is 1450. The SMILES string of the molecule is CC#CC(=O)N1CCC2(CC1)CC(n1nc(-c3ccc(Oc4ccccc4)cc3)c3cncnc31)C2. The summed E-state index contributed by atoms with van der Waals surface area (Å²) >= 11 is 0. The van der Waals surface area contributed by atoms with Crippen molar-refractivity contribution in [1.29, 1.82) is 0 Å². The van der Waals surface area contributed by atoms with Gasteiger partial charge in [-0.2, -0.15) is 5.10 Å². The summed E-state index contributed by atoms with van der Waals surface area (Å²) in [7, 11) is 0. The summed E-state index contributed by atoms with van der Waals surface area (Å²) in [6, 6.07) is 18.1. The van der Waals surface area contributed by atoms with E-state index in [2.05, 4.69) is 26.5 Å². The van der Waals surface area contributed by atoms with Crippen molar-refractivity contribution in [3.63, 3.8) is 0 Å². The van der Waals surface area contributed by atoms with Gasteiger partial charge in [0.2, 0.25) is 0 Å². The van der Waals surface area contributed by atoms with E-state index in [1.165, 1.54) is 0 Å². The number of hydrogen-bond acceptors (Lipinski definition) is 5. The van der Waals surface area contributed by atoms with Gasteiger partial charge in [0.25, 0.3) is 5.91 Å². The molecule has 1 aliphatic carbocycles. The molecule has 1 amide bonds. The second-order valence-electron chi connectivity index (χ2n) is 9.72. The van der Waals surface area contributed by atoms with Crippen LogP contribution in [0.4, 0.5) is 0 Å². The number of likely N-dealkylation sites (tertiary alicyclic amines) is 1. The number of benzene rings is 2. The Balaban J connectivity index is 1.20. The molecule has 7 heteroatoms. The molecule has 6 rings (SSSR count). The Hall–Kier alpha value is -4.18. The monoisotopic (exact) mass is 477 g/mol. The molecule has 1 spiro atoms. The lowest BCUT2D eigenvalue weighted by molar-refractivity contribution is -0.129. The molecule has 0 atom stereocenters. The molecule has 0 unspecified atom stereocenters. The topological polar surface area (TPSA) is 73.1 Å². The van der Waals surface area contributed by atoms with Crippen molar-refractivity contribution in [2.75, 3.05) is 13.1 Å². The van der Waals surface area contributed by atoms with Gasteiger partial charge in [0, 0.05) is 24.8 Å². The molecule has 1 saturated heterocycles. The zero-order chi connectivity index (χ0) is 24.5. The van der Waals surface area contributed by atoms with Gasteiger partial charge in [-0.3, -0.25) is 4.79 Å². The molecule has 2 fully saturated rings. The first kappa shape index (κ1) is 22.3. The van der Waals surface area contributed by atoms with Crippen molar-refractivity contribution < 1.29 is 9.53 Å². The quantitative estimate of drug-likeness (QED) is 0.375. The first-order valence-electron chi connectivity index (χ1n) is 12.4. The van der Waals surface area contributed by atoms with Gasteiger partial charge >= 0.3 is 0 Å². The van der Waals surface area contributed by atoms with Crippen LogP contribution in [-0.2, 0) is 4.79 Å². The molecule has 2 aliphatic rings. The highest BCUT2D eigenvalue weighted by atomic mass is 16.5. The van der Waals surface area contributed by atoms with E-state index < -0.39 is 0 Å². The van der Waals surface area contributed by atoms with E-state index in [1.54, 1.807) is 13.3 Å². The van der Waals surface area contributed by atoms with Gasteiger partial charge in [-0.15, -0.1) is 0 Å². The Labute approximate surface area is 210 Å². The number of nitrogens with zero attached hydrogens (tertiary/aromatic N) is 5. The highest BCUT2D eigenvalue weighted by Crippen LogP contribution is 2.55. The third kappa shape index (κ3) is 4.09. The average Bonchev–Trinajstić information content (AvgIpc) is 3.28. The Morgan fingerprint density at radius 2 is 1.75 bits per heavy atom. The van der Waals surface area contributed by atoms with Crippen LogP contribution in [0.3, 0.4) is 0 Å². The van der Waals surface area contributed by atoms with Crippen molar-refractivity contribution >= 4 is 16.9 Å². The predicted octanol–water partition coefficient (Wildman–Crippen LogP) is 5.25. The number of fused-ring (bicyclic) bond motifs is 1. The lowest BCUT2D eigenvalue weighted by Gasteiger charge is -2.51. The van der Waals surface area contributed by atoms with E-state index in [0.717, 1.165) is 72.6 Å². The number of rotatable bonds is 4. The second-order valence-corrected chi connectivity index (χ2v) is 9.72. The number of ether oxygens (including phenoxy) is 1. The Kier molecular flexibility index (Phi) is 5.65. The maximum Gasteiger partial charge on any atom is 0.298 e. The van der Waals surface area contributed by atoms with Gasteiger partial charge in [0.05, 0.1) is 11.4 Å². The number of amides is 1. The largest absolute Gasteiger partial charge is 0.457 e. The first-order valence-corrected chi connectivity index (χ1v) is 12.4. The molecule has 180 valence electrons. The minimum Gasteiger partial charge on any atom is -0.457 e. The van der Waals surface area contributed by atoms with Crippen molar-refractivity contribution in [3.05, 3.63) is 67.1 Å². The van der Waals surface area contributed by atoms with Gasteiger partial charge in [-0.1, -0.05) is 24.1 Å². The van der Waals surface area contributed by atoms with E-state index in [9.17, 15) is 4.79 Å². The van der Waals surface area contributed by atoms with Crippen LogP contribution in [-0.4, -0.2) is 43.6 Å². The standard InChI is InChI=1S/C29H27N5O2/c1-2-6-26(35)33-15-13-29(14-16-33)17-22(18-29)34-28-25(19-30-20-31-28)27(32-34)21-9-11-24(12-10-21)36-23-7-4-3-5-8-23/h3-5,7-12,19-20,22H,13-18H2,1H3. The van der Waals surface area contributed by atoms with E-state index in [-0.39, 0.29) is 11.3 Å². The maximum absolute atomic E-state index is 12.1. The number of piperidine rings is 1. The summed E-state index contributed by atoms with van der Waals surface area (Å²) in [5.74, 6) is 6.92. The number of para-hydroxylation sites is 1. The van der Waals surface area contributed by atoms with Crippen LogP contribution < -0.4 is 4.74 Å². The molecule has 36 heavy (non-hydrogen) atoms. The van der Waals surface area contributed by atoms with Gasteiger partial charge in [0.15, 0.2) is 5.65 Å². The molecule has 2 aromatic carbocycles. The summed E-state index contributed by atoms with van der Waals surface area (Å²) in [6.07, 6.45) is 7.59. The lowest BCUT2D eigenvalue weighted by Crippen LogP contribution is -2.49. The number of hydrogen-bond donors (Lipinski definition) is 0. The molecular weight excluding hydrogens is 450 g/mol. The molecule has 1 saturated carbocycles. The van der Waals surface area contributed by atoms with Crippen LogP contribution in [0.25, 0.3) is 22.3 Å². The zero-order valence-electron chi connectivity index (χ0n) is 20.2. The Morgan fingerprint density at radius 3 is 2.47 bits per heavy atom. The molecule has 0 bridgehead atoms. The van der Waals surface area contributed by atoms with Gasteiger partial charge < -0.3 is 9.64 Å². The van der Waals surface area contributed by atoms with Gasteiger partial charge in [-0.25, -0.2) is 14.6 Å². The summed E-state index contributed by atoms with van der Waals surface area (Å²) in [5, 5.41) is 5.98. The normalized spacial score (nSPS) is 16.9. The highest BCUT2D eigenvalue weighted by molar-refractivity contribution is 5.93. The molecule has 3 heterocycles. The summed E-state index contributed by atoms with van der Waals surface area (Å²) in [5.41, 5.74) is 3.04. The van der Waals surface area contributed by atoms with Crippen LogP contribution >= 0.6 is 0 Å². The lowest BCUT2D eigenvalue weighted by atomic mass is 9.60. The molecule has 0 radical (unpaired) electrons. The van der Waals surface area contributed by atoms with Crippen LogP contribution in [0.5, 0.6) is 11.5 Å². The van der Waals surface area contributed by atoms with Crippen molar-refractivity contribution in [1.82, 2.24) is 24.6 Å². The highest BCUT2D eigenvalue weighted by Gasteiger charge is 2.48. The smallest absolute Gasteiger partial charge is 0.298 e. The Morgan fingerprint density at radius 1 is 1.03 bits per heavy atom. The van der Waals surface area contributed by atoms with E-state index in [1.807, 2.05) is 65.7 Å². The minimum atomic E-state index is -0.0529. The van der Waals surface area contributed by atoms with E-state index in [0.29, 0.717) is 6.04 Å². The molecule has 4 aromatic rings. The van der Waals surface area contributed by atoms with E-state index in [4.69, 9.17) is 9.84 Å². The van der Waals surface area contributed by atoms with Crippen molar-refractivity contribution in [3.8, 4) is 34.6 Å². The van der Waals surface area contributed by atoms with Gasteiger partial charge in [0.1, 0.15) is 23.5 Å². The van der Waals surface area contributed by atoms with Crippen LogP contribution in [0.2, 0.25) is 0 Å². The fourth-order valence-electron chi connectivity index (χ4n) is 5.55. The van der Waals surface area contributed by atoms with Crippen LogP contribution in [0.15, 0.2) is 67.1 Å². The predicted molar refractivity (Wildman–Crippen MR) is 137 cm³/mol. The molecule has 2 aromatic heterocycles. The second kappa shape index (κ2) is 9.12. The summed E-state index contributed by atoms with van der Waals surface area (Å²) in [6.45, 7) is 3.27. The molecule has 0 N–H and O–H groups in total. The summed E-state index contributed by atoms with van der Waals surface area (Å²) < 4.78 is 8.03.